The smallest absolute Gasteiger partial charge is 0.433 e. The third kappa shape index (κ3) is 3.35. The van der Waals surface area contributed by atoms with Gasteiger partial charge >= 0.3 is 6.18 Å². The maximum absolute atomic E-state index is 13.2. The molecule has 1 aromatic heterocycles. The molecule has 6 heteroatoms. The summed E-state index contributed by atoms with van der Waals surface area (Å²) in [6.45, 7) is 0. The van der Waals surface area contributed by atoms with Crippen LogP contribution in [0.3, 0.4) is 0 Å². The molecule has 134 valence electrons. The molecule has 0 atom stereocenters. The van der Waals surface area contributed by atoms with Gasteiger partial charge in [0.05, 0.1) is 19.8 Å². The zero-order valence-corrected chi connectivity index (χ0v) is 14.2. The second-order valence-corrected chi connectivity index (χ2v) is 5.52. The molecule has 3 rings (SSSR count). The van der Waals surface area contributed by atoms with Crippen molar-refractivity contribution in [2.45, 2.75) is 6.18 Å². The second-order valence-electron chi connectivity index (χ2n) is 5.52. The number of rotatable bonds is 4. The van der Waals surface area contributed by atoms with Crippen LogP contribution in [0.5, 0.6) is 11.5 Å². The highest BCUT2D eigenvalue weighted by Gasteiger charge is 2.33. The number of hydrogen-bond acceptors (Lipinski definition) is 3. The first kappa shape index (κ1) is 17.8. The van der Waals surface area contributed by atoms with Gasteiger partial charge in [-0.15, -0.1) is 0 Å². The number of benzene rings is 2. The molecule has 0 aliphatic rings. The lowest BCUT2D eigenvalue weighted by Crippen LogP contribution is -2.08. The molecule has 3 nitrogen and oxygen atoms in total. The zero-order chi connectivity index (χ0) is 18.7. The van der Waals surface area contributed by atoms with Crippen molar-refractivity contribution in [1.82, 2.24) is 4.98 Å². The van der Waals surface area contributed by atoms with E-state index in [2.05, 4.69) is 4.98 Å². The SMILES string of the molecule is COc1cccc(OC)c1-c1cnc(C(F)(F)F)cc1-c1ccccc1. The maximum Gasteiger partial charge on any atom is 0.433 e. The molecule has 0 spiro atoms. The van der Waals surface area contributed by atoms with Crippen LogP contribution in [0.15, 0.2) is 60.8 Å². The van der Waals surface area contributed by atoms with E-state index in [0.717, 1.165) is 6.07 Å². The Morgan fingerprint density at radius 1 is 0.808 bits per heavy atom. The average molecular weight is 359 g/mol. The van der Waals surface area contributed by atoms with Gasteiger partial charge in [-0.3, -0.25) is 4.98 Å². The van der Waals surface area contributed by atoms with Crippen LogP contribution in [0.1, 0.15) is 5.69 Å². The number of nitrogens with zero attached hydrogens (tertiary/aromatic N) is 1. The standard InChI is InChI=1S/C20H16F3NO2/c1-25-16-9-6-10-17(26-2)19(16)15-12-24-18(20(21,22)23)11-14(15)13-7-4-3-5-8-13/h3-12H,1-2H3. The minimum absolute atomic E-state index is 0.399. The molecular formula is C20H16F3NO2. The molecule has 0 N–H and O–H groups in total. The first-order chi connectivity index (χ1) is 12.5. The second kappa shape index (κ2) is 7.07. The Bertz CT molecular complexity index is 886. The predicted octanol–water partition coefficient (Wildman–Crippen LogP) is 5.45. The zero-order valence-electron chi connectivity index (χ0n) is 14.2. The van der Waals surface area contributed by atoms with Crippen LogP contribution >= 0.6 is 0 Å². The molecule has 0 bridgehead atoms. The van der Waals surface area contributed by atoms with E-state index in [1.54, 1.807) is 48.5 Å². The highest BCUT2D eigenvalue weighted by Crippen LogP contribution is 2.44. The van der Waals surface area contributed by atoms with Gasteiger partial charge in [-0.05, 0) is 29.3 Å². The van der Waals surface area contributed by atoms with E-state index < -0.39 is 11.9 Å². The molecule has 0 saturated carbocycles. The fourth-order valence-corrected chi connectivity index (χ4v) is 2.78. The van der Waals surface area contributed by atoms with Gasteiger partial charge < -0.3 is 9.47 Å². The lowest BCUT2D eigenvalue weighted by molar-refractivity contribution is -0.141. The van der Waals surface area contributed by atoms with Crippen LogP contribution < -0.4 is 9.47 Å². The molecule has 0 radical (unpaired) electrons. The summed E-state index contributed by atoms with van der Waals surface area (Å²) in [7, 11) is 3.00. The molecule has 0 amide bonds. The Morgan fingerprint density at radius 3 is 1.96 bits per heavy atom. The van der Waals surface area contributed by atoms with Crippen LogP contribution in [0.25, 0.3) is 22.3 Å². The molecule has 26 heavy (non-hydrogen) atoms. The van der Waals surface area contributed by atoms with Crippen LogP contribution in [-0.2, 0) is 6.18 Å². The minimum Gasteiger partial charge on any atom is -0.496 e. The predicted molar refractivity (Wildman–Crippen MR) is 93.2 cm³/mol. The quantitative estimate of drug-likeness (QED) is 0.621. The lowest BCUT2D eigenvalue weighted by Gasteiger charge is -2.17. The van der Waals surface area contributed by atoms with Crippen LogP contribution in [0, 0.1) is 0 Å². The van der Waals surface area contributed by atoms with Gasteiger partial charge in [-0.2, -0.15) is 13.2 Å². The van der Waals surface area contributed by atoms with Crippen molar-refractivity contribution in [3.05, 3.63) is 66.5 Å². The molecular weight excluding hydrogens is 343 g/mol. The molecule has 2 aromatic carbocycles. The summed E-state index contributed by atoms with van der Waals surface area (Å²) in [6.07, 6.45) is -3.32. The van der Waals surface area contributed by atoms with Crippen molar-refractivity contribution in [2.24, 2.45) is 0 Å². The van der Waals surface area contributed by atoms with E-state index in [4.69, 9.17) is 9.47 Å². The van der Waals surface area contributed by atoms with E-state index >= 15 is 0 Å². The number of aromatic nitrogens is 1. The van der Waals surface area contributed by atoms with E-state index in [1.807, 2.05) is 0 Å². The van der Waals surface area contributed by atoms with Gasteiger partial charge in [0.1, 0.15) is 17.2 Å². The van der Waals surface area contributed by atoms with Crippen LogP contribution in [0.2, 0.25) is 0 Å². The summed E-state index contributed by atoms with van der Waals surface area (Å²) in [5, 5.41) is 0. The van der Waals surface area contributed by atoms with Crippen molar-refractivity contribution in [3.8, 4) is 33.8 Å². The molecule has 0 aliphatic carbocycles. The monoisotopic (exact) mass is 359 g/mol. The van der Waals surface area contributed by atoms with Crippen molar-refractivity contribution in [1.29, 1.82) is 0 Å². The lowest BCUT2D eigenvalue weighted by atomic mass is 9.94. The van der Waals surface area contributed by atoms with E-state index in [-0.39, 0.29) is 0 Å². The highest BCUT2D eigenvalue weighted by molar-refractivity contribution is 5.88. The maximum atomic E-state index is 13.2. The largest absolute Gasteiger partial charge is 0.496 e. The normalized spacial score (nSPS) is 11.3. The fraction of sp³-hybridized carbons (Fsp3) is 0.150. The van der Waals surface area contributed by atoms with Crippen molar-refractivity contribution >= 4 is 0 Å². The summed E-state index contributed by atoms with van der Waals surface area (Å²) in [5.41, 5.74) is 1.14. The van der Waals surface area contributed by atoms with Gasteiger partial charge in [0.2, 0.25) is 0 Å². The summed E-state index contributed by atoms with van der Waals surface area (Å²) in [4.78, 5) is 3.63. The molecule has 3 aromatic rings. The van der Waals surface area contributed by atoms with Crippen molar-refractivity contribution in [2.75, 3.05) is 14.2 Å². The molecule has 0 unspecified atom stereocenters. The van der Waals surface area contributed by atoms with Gasteiger partial charge in [0.15, 0.2) is 0 Å². The van der Waals surface area contributed by atoms with Crippen molar-refractivity contribution < 1.29 is 22.6 Å². The number of halogens is 3. The third-order valence-corrected chi connectivity index (χ3v) is 3.98. The minimum atomic E-state index is -4.53. The Kier molecular flexibility index (Phi) is 4.84. The Hall–Kier alpha value is -3.02. The van der Waals surface area contributed by atoms with Crippen molar-refractivity contribution in [3.63, 3.8) is 0 Å². The number of hydrogen-bond donors (Lipinski definition) is 0. The molecule has 0 fully saturated rings. The Morgan fingerprint density at radius 2 is 1.42 bits per heavy atom. The number of methoxy groups -OCH3 is 2. The topological polar surface area (TPSA) is 31.4 Å². The van der Waals surface area contributed by atoms with Gasteiger partial charge in [-0.25, -0.2) is 0 Å². The summed E-state index contributed by atoms with van der Waals surface area (Å²) >= 11 is 0. The molecule has 0 saturated heterocycles. The van der Waals surface area contributed by atoms with Gasteiger partial charge in [-0.1, -0.05) is 36.4 Å². The van der Waals surface area contributed by atoms with E-state index in [1.165, 1.54) is 20.4 Å². The Balaban J connectivity index is 2.33. The number of alkyl halides is 3. The summed E-state index contributed by atoms with van der Waals surface area (Å²) < 4.78 is 50.4. The highest BCUT2D eigenvalue weighted by atomic mass is 19.4. The first-order valence-corrected chi connectivity index (χ1v) is 7.79. The molecule has 0 aliphatic heterocycles. The van der Waals surface area contributed by atoms with E-state index in [9.17, 15) is 13.2 Å². The van der Waals surface area contributed by atoms with Gasteiger partial charge in [0, 0.05) is 11.8 Å². The number of ether oxygens (including phenoxy) is 2. The fourth-order valence-electron chi connectivity index (χ4n) is 2.78. The molecule has 1 heterocycles. The van der Waals surface area contributed by atoms with E-state index in [0.29, 0.717) is 33.8 Å². The number of pyridine rings is 1. The summed E-state index contributed by atoms with van der Waals surface area (Å²) in [6, 6.07) is 15.1. The first-order valence-electron chi connectivity index (χ1n) is 7.79. The van der Waals surface area contributed by atoms with Crippen LogP contribution in [0.4, 0.5) is 13.2 Å². The average Bonchev–Trinajstić information content (AvgIpc) is 2.66. The van der Waals surface area contributed by atoms with Gasteiger partial charge in [0.25, 0.3) is 0 Å². The van der Waals surface area contributed by atoms with Crippen LogP contribution in [-0.4, -0.2) is 19.2 Å². The Labute approximate surface area is 149 Å². The third-order valence-electron chi connectivity index (χ3n) is 3.98. The summed E-state index contributed by atoms with van der Waals surface area (Å²) in [5.74, 6) is 0.978.